The number of methoxy groups -OCH3 is 1. The molecule has 0 atom stereocenters. The summed E-state index contributed by atoms with van der Waals surface area (Å²) in [6, 6.07) is 11.7. The van der Waals surface area contributed by atoms with Crippen LogP contribution in [0.3, 0.4) is 0 Å². The van der Waals surface area contributed by atoms with Gasteiger partial charge in [-0.05, 0) is 48.9 Å². The van der Waals surface area contributed by atoms with E-state index in [1.165, 1.54) is 6.07 Å². The summed E-state index contributed by atoms with van der Waals surface area (Å²) in [6.45, 7) is 2.19. The second-order valence-corrected chi connectivity index (χ2v) is 6.11. The molecular weight excluding hydrogens is 362 g/mol. The molecule has 0 aliphatic carbocycles. The second kappa shape index (κ2) is 8.47. The molecule has 28 heavy (non-hydrogen) atoms. The van der Waals surface area contributed by atoms with Gasteiger partial charge < -0.3 is 24.4 Å². The number of nitrogens with zero attached hydrogens (tertiary/aromatic N) is 1. The number of pyridine rings is 1. The van der Waals surface area contributed by atoms with Gasteiger partial charge in [-0.3, -0.25) is 0 Å². The van der Waals surface area contributed by atoms with E-state index in [1.807, 2.05) is 6.92 Å². The molecule has 0 saturated heterocycles. The van der Waals surface area contributed by atoms with Crippen molar-refractivity contribution in [3.63, 3.8) is 0 Å². The molecule has 146 valence electrons. The van der Waals surface area contributed by atoms with E-state index in [0.717, 1.165) is 6.42 Å². The fourth-order valence-corrected chi connectivity index (χ4v) is 2.62. The van der Waals surface area contributed by atoms with Crippen molar-refractivity contribution in [1.29, 1.82) is 0 Å². The third kappa shape index (κ3) is 4.09. The van der Waals surface area contributed by atoms with Crippen LogP contribution >= 0.6 is 0 Å². The maximum absolute atomic E-state index is 12.2. The van der Waals surface area contributed by atoms with Crippen LogP contribution < -0.4 is 9.47 Å². The van der Waals surface area contributed by atoms with Gasteiger partial charge in [-0.1, -0.05) is 13.3 Å². The van der Waals surface area contributed by atoms with Gasteiger partial charge in [-0.25, -0.2) is 9.78 Å². The Morgan fingerprint density at radius 1 is 1.00 bits per heavy atom. The minimum Gasteiger partial charge on any atom is -0.505 e. The third-order valence-corrected chi connectivity index (χ3v) is 4.15. The van der Waals surface area contributed by atoms with Crippen molar-refractivity contribution in [3.05, 3.63) is 48.2 Å². The highest BCUT2D eigenvalue weighted by Gasteiger charge is 2.20. The van der Waals surface area contributed by atoms with Crippen LogP contribution in [-0.2, 0) is 4.74 Å². The molecule has 0 amide bonds. The van der Waals surface area contributed by atoms with Crippen molar-refractivity contribution in [3.8, 4) is 28.9 Å². The third-order valence-electron chi connectivity index (χ3n) is 4.15. The van der Waals surface area contributed by atoms with Crippen molar-refractivity contribution in [1.82, 2.24) is 4.98 Å². The number of benzene rings is 2. The van der Waals surface area contributed by atoms with Gasteiger partial charge in [0.25, 0.3) is 0 Å². The Morgan fingerprint density at radius 2 is 1.68 bits per heavy atom. The largest absolute Gasteiger partial charge is 0.505 e. The van der Waals surface area contributed by atoms with Gasteiger partial charge >= 0.3 is 5.97 Å². The van der Waals surface area contributed by atoms with E-state index in [2.05, 4.69) is 4.98 Å². The highest BCUT2D eigenvalue weighted by molar-refractivity contribution is 6.01. The van der Waals surface area contributed by atoms with Crippen LogP contribution in [-0.4, -0.2) is 34.9 Å². The number of unbranched alkanes of at least 4 members (excludes halogenated alkanes) is 1. The number of aromatic nitrogens is 1. The average Bonchev–Trinajstić information content (AvgIpc) is 2.71. The zero-order chi connectivity index (χ0) is 20.1. The first kappa shape index (κ1) is 19.3. The molecule has 0 unspecified atom stereocenters. The molecule has 0 fully saturated rings. The SMILES string of the molecule is CCCCOC(=O)c1nc(O)c2ccc(Oc3ccc(OC)cc3)cc2c1O. The predicted molar refractivity (Wildman–Crippen MR) is 103 cm³/mol. The molecule has 7 nitrogen and oxygen atoms in total. The number of rotatable bonds is 7. The van der Waals surface area contributed by atoms with Crippen LogP contribution in [0.2, 0.25) is 0 Å². The summed E-state index contributed by atoms with van der Waals surface area (Å²) in [5, 5.41) is 21.2. The highest BCUT2D eigenvalue weighted by Crippen LogP contribution is 2.36. The van der Waals surface area contributed by atoms with Crippen molar-refractivity contribution in [2.75, 3.05) is 13.7 Å². The second-order valence-electron chi connectivity index (χ2n) is 6.11. The maximum atomic E-state index is 12.2. The summed E-state index contributed by atoms with van der Waals surface area (Å²) in [5.74, 6) is 0.164. The number of carbonyl (C=O) groups excluding carboxylic acids is 1. The molecule has 0 aliphatic rings. The molecule has 3 rings (SSSR count). The lowest BCUT2D eigenvalue weighted by Crippen LogP contribution is -2.09. The van der Waals surface area contributed by atoms with E-state index in [4.69, 9.17) is 14.2 Å². The van der Waals surface area contributed by atoms with Crippen LogP contribution in [0.4, 0.5) is 0 Å². The fraction of sp³-hybridized carbons (Fsp3) is 0.238. The summed E-state index contributed by atoms with van der Waals surface area (Å²) < 4.78 is 16.0. The van der Waals surface area contributed by atoms with E-state index in [1.54, 1.807) is 43.5 Å². The Labute approximate surface area is 162 Å². The average molecular weight is 383 g/mol. The predicted octanol–water partition coefficient (Wildman–Crippen LogP) is 4.40. The first-order valence-electron chi connectivity index (χ1n) is 8.88. The monoisotopic (exact) mass is 383 g/mol. The molecule has 0 saturated carbocycles. The van der Waals surface area contributed by atoms with Crippen LogP contribution in [0, 0.1) is 0 Å². The molecule has 1 aromatic heterocycles. The summed E-state index contributed by atoms with van der Waals surface area (Å²) in [4.78, 5) is 16.0. The summed E-state index contributed by atoms with van der Waals surface area (Å²) in [5.41, 5.74) is -0.331. The Morgan fingerprint density at radius 3 is 2.36 bits per heavy atom. The van der Waals surface area contributed by atoms with Gasteiger partial charge in [0.2, 0.25) is 5.88 Å². The van der Waals surface area contributed by atoms with Crippen LogP contribution in [0.5, 0.6) is 28.9 Å². The molecular formula is C21H21NO6. The summed E-state index contributed by atoms with van der Waals surface area (Å²) in [6.07, 6.45) is 1.56. The van der Waals surface area contributed by atoms with E-state index in [-0.39, 0.29) is 29.3 Å². The van der Waals surface area contributed by atoms with Crippen LogP contribution in [0.15, 0.2) is 42.5 Å². The van der Waals surface area contributed by atoms with E-state index in [0.29, 0.717) is 29.1 Å². The lowest BCUT2D eigenvalue weighted by Gasteiger charge is -2.11. The smallest absolute Gasteiger partial charge is 0.360 e. The van der Waals surface area contributed by atoms with Gasteiger partial charge in [0.05, 0.1) is 13.7 Å². The highest BCUT2D eigenvalue weighted by atomic mass is 16.5. The standard InChI is InChI=1S/C21H21NO6/c1-3-4-11-27-21(25)18-19(23)17-12-15(9-10-16(17)20(24)22-18)28-14-7-5-13(26-2)6-8-14/h5-10,12,23H,3-4,11H2,1-2H3,(H,22,24). The van der Waals surface area contributed by atoms with Gasteiger partial charge in [-0.2, -0.15) is 0 Å². The number of hydrogen-bond acceptors (Lipinski definition) is 7. The molecule has 2 N–H and O–H groups in total. The summed E-state index contributed by atoms with van der Waals surface area (Å²) in [7, 11) is 1.58. The first-order chi connectivity index (χ1) is 13.5. The molecule has 7 heteroatoms. The molecule has 0 bridgehead atoms. The maximum Gasteiger partial charge on any atom is 0.360 e. The van der Waals surface area contributed by atoms with Gasteiger partial charge in [-0.15, -0.1) is 0 Å². The number of ether oxygens (including phenoxy) is 3. The van der Waals surface area contributed by atoms with Crippen molar-refractivity contribution < 1.29 is 29.2 Å². The molecule has 0 spiro atoms. The Hall–Kier alpha value is -3.48. The van der Waals surface area contributed by atoms with Gasteiger partial charge in [0, 0.05) is 10.8 Å². The zero-order valence-electron chi connectivity index (χ0n) is 15.6. The molecule has 0 aliphatic heterocycles. The number of fused-ring (bicyclic) bond motifs is 1. The number of aromatic hydroxyl groups is 2. The normalized spacial score (nSPS) is 10.6. The van der Waals surface area contributed by atoms with E-state index >= 15 is 0 Å². The van der Waals surface area contributed by atoms with E-state index < -0.39 is 5.97 Å². The molecule has 3 aromatic rings. The van der Waals surface area contributed by atoms with Crippen LogP contribution in [0.25, 0.3) is 10.8 Å². The lowest BCUT2D eigenvalue weighted by molar-refractivity contribution is 0.0488. The molecule has 1 heterocycles. The fourth-order valence-electron chi connectivity index (χ4n) is 2.62. The lowest BCUT2D eigenvalue weighted by atomic mass is 10.1. The van der Waals surface area contributed by atoms with Crippen molar-refractivity contribution in [2.24, 2.45) is 0 Å². The minimum atomic E-state index is -0.787. The molecule has 2 aromatic carbocycles. The summed E-state index contributed by atoms with van der Waals surface area (Å²) >= 11 is 0. The van der Waals surface area contributed by atoms with Gasteiger partial charge in [0.1, 0.15) is 17.2 Å². The first-order valence-corrected chi connectivity index (χ1v) is 8.88. The number of hydrogen-bond donors (Lipinski definition) is 2. The molecule has 0 radical (unpaired) electrons. The van der Waals surface area contributed by atoms with Crippen molar-refractivity contribution in [2.45, 2.75) is 19.8 Å². The van der Waals surface area contributed by atoms with Crippen molar-refractivity contribution >= 4 is 16.7 Å². The van der Waals surface area contributed by atoms with Gasteiger partial charge in [0.15, 0.2) is 11.4 Å². The number of esters is 1. The zero-order valence-corrected chi connectivity index (χ0v) is 15.6. The number of carbonyl (C=O) groups is 1. The topological polar surface area (TPSA) is 98.1 Å². The Bertz CT molecular complexity index is 984. The van der Waals surface area contributed by atoms with Crippen LogP contribution in [0.1, 0.15) is 30.3 Å². The van der Waals surface area contributed by atoms with E-state index in [9.17, 15) is 15.0 Å². The Balaban J connectivity index is 1.92. The minimum absolute atomic E-state index is 0.218. The quantitative estimate of drug-likeness (QED) is 0.461. The Kier molecular flexibility index (Phi) is 5.84.